The Morgan fingerprint density at radius 1 is 1.50 bits per heavy atom. The molecule has 2 amide bonds. The first-order valence-corrected chi connectivity index (χ1v) is 4.76. The highest BCUT2D eigenvalue weighted by molar-refractivity contribution is 5.87. The van der Waals surface area contributed by atoms with Gasteiger partial charge in [0.15, 0.2) is 0 Å². The largest absolute Gasteiger partial charge is 0.368 e. The van der Waals surface area contributed by atoms with E-state index in [9.17, 15) is 9.59 Å². The van der Waals surface area contributed by atoms with Gasteiger partial charge in [-0.05, 0) is 26.9 Å². The quantitative estimate of drug-likeness (QED) is 0.635. The average molecular weight is 199 g/mol. The van der Waals surface area contributed by atoms with E-state index < -0.39 is 5.91 Å². The maximum absolute atomic E-state index is 11.6. The highest BCUT2D eigenvalue weighted by atomic mass is 16.2. The Hall–Kier alpha value is -1.10. The molecule has 0 aromatic rings. The molecule has 1 aliphatic heterocycles. The Labute approximate surface area is 83.8 Å². The van der Waals surface area contributed by atoms with Gasteiger partial charge in [-0.1, -0.05) is 0 Å². The van der Waals surface area contributed by atoms with E-state index in [2.05, 4.69) is 0 Å². The smallest absolute Gasteiger partial charge is 0.240 e. The predicted molar refractivity (Wildman–Crippen MR) is 52.5 cm³/mol. The van der Waals surface area contributed by atoms with Crippen molar-refractivity contribution in [1.29, 1.82) is 0 Å². The number of carbonyl (C=O) groups excluding carboxylic acids is 2. The lowest BCUT2D eigenvalue weighted by Crippen LogP contribution is -2.46. The molecule has 1 rings (SSSR count). The van der Waals surface area contributed by atoms with Crippen molar-refractivity contribution >= 4 is 11.8 Å². The lowest BCUT2D eigenvalue weighted by molar-refractivity contribution is -0.137. The van der Waals surface area contributed by atoms with Gasteiger partial charge in [0.05, 0.1) is 6.54 Å². The van der Waals surface area contributed by atoms with Gasteiger partial charge in [-0.25, -0.2) is 0 Å². The van der Waals surface area contributed by atoms with E-state index in [-0.39, 0.29) is 11.9 Å². The van der Waals surface area contributed by atoms with E-state index in [1.165, 1.54) is 0 Å². The molecule has 5 nitrogen and oxygen atoms in total. The average Bonchev–Trinajstić information content (AvgIpc) is 2.49. The molecule has 0 radical (unpaired) electrons. The van der Waals surface area contributed by atoms with Crippen molar-refractivity contribution < 1.29 is 9.59 Å². The van der Waals surface area contributed by atoms with Crippen LogP contribution in [0.1, 0.15) is 12.8 Å². The van der Waals surface area contributed by atoms with Crippen LogP contribution in [0.2, 0.25) is 0 Å². The first-order chi connectivity index (χ1) is 6.52. The summed E-state index contributed by atoms with van der Waals surface area (Å²) in [5.74, 6) is -0.411. The molecular formula is C9H17N3O2. The van der Waals surface area contributed by atoms with Gasteiger partial charge in [-0.15, -0.1) is 0 Å². The molecule has 1 atom stereocenters. The zero-order chi connectivity index (χ0) is 10.7. The highest BCUT2D eigenvalue weighted by Crippen LogP contribution is 2.16. The standard InChI is InChI=1S/C9H17N3O2/c1-11(2)6-8(13)12-5-3-4-7(12)9(10)14/h7H,3-6H2,1-2H3,(H2,10,14)/t7-/m0/s1. The van der Waals surface area contributed by atoms with Crippen LogP contribution < -0.4 is 5.73 Å². The lowest BCUT2D eigenvalue weighted by atomic mass is 10.2. The molecule has 1 heterocycles. The number of likely N-dealkylation sites (N-methyl/N-ethyl adjacent to an activating group) is 1. The minimum atomic E-state index is -0.394. The molecule has 1 aliphatic rings. The van der Waals surface area contributed by atoms with Crippen molar-refractivity contribution in [3.05, 3.63) is 0 Å². The molecule has 2 N–H and O–H groups in total. The van der Waals surface area contributed by atoms with Gasteiger partial charge >= 0.3 is 0 Å². The number of primary amides is 1. The van der Waals surface area contributed by atoms with Crippen LogP contribution in [0.15, 0.2) is 0 Å². The monoisotopic (exact) mass is 199 g/mol. The number of likely N-dealkylation sites (tertiary alicyclic amines) is 1. The Bertz CT molecular complexity index is 240. The van der Waals surface area contributed by atoms with E-state index in [4.69, 9.17) is 5.73 Å². The van der Waals surface area contributed by atoms with Crippen molar-refractivity contribution in [3.8, 4) is 0 Å². The van der Waals surface area contributed by atoms with Crippen LogP contribution >= 0.6 is 0 Å². The Kier molecular flexibility index (Phi) is 3.46. The number of rotatable bonds is 3. The topological polar surface area (TPSA) is 66.6 Å². The van der Waals surface area contributed by atoms with E-state index in [1.807, 2.05) is 14.1 Å². The number of nitrogens with zero attached hydrogens (tertiary/aromatic N) is 2. The summed E-state index contributed by atoms with van der Waals surface area (Å²) in [6.45, 7) is 0.990. The second kappa shape index (κ2) is 4.41. The molecule has 0 aromatic heterocycles. The molecular weight excluding hydrogens is 182 g/mol. The fourth-order valence-electron chi connectivity index (χ4n) is 1.72. The summed E-state index contributed by atoms with van der Waals surface area (Å²) in [4.78, 5) is 26.0. The number of hydrogen-bond acceptors (Lipinski definition) is 3. The lowest BCUT2D eigenvalue weighted by Gasteiger charge is -2.23. The molecule has 0 spiro atoms. The Morgan fingerprint density at radius 2 is 2.14 bits per heavy atom. The molecule has 80 valence electrons. The second-order valence-electron chi connectivity index (χ2n) is 3.89. The number of carbonyl (C=O) groups is 2. The minimum Gasteiger partial charge on any atom is -0.368 e. The van der Waals surface area contributed by atoms with Gasteiger partial charge in [0.25, 0.3) is 0 Å². The van der Waals surface area contributed by atoms with Crippen LogP contribution in [0.3, 0.4) is 0 Å². The van der Waals surface area contributed by atoms with Crippen molar-refractivity contribution in [1.82, 2.24) is 9.80 Å². The zero-order valence-corrected chi connectivity index (χ0v) is 8.69. The van der Waals surface area contributed by atoms with Gasteiger partial charge in [0, 0.05) is 6.54 Å². The zero-order valence-electron chi connectivity index (χ0n) is 8.69. The Balaban J connectivity index is 2.58. The third kappa shape index (κ3) is 2.45. The van der Waals surface area contributed by atoms with E-state index >= 15 is 0 Å². The van der Waals surface area contributed by atoms with Crippen LogP contribution in [-0.4, -0.2) is 54.8 Å². The van der Waals surface area contributed by atoms with Crippen LogP contribution in [0.25, 0.3) is 0 Å². The van der Waals surface area contributed by atoms with Crippen molar-refractivity contribution in [3.63, 3.8) is 0 Å². The summed E-state index contributed by atoms with van der Waals surface area (Å²) in [5.41, 5.74) is 5.21. The highest BCUT2D eigenvalue weighted by Gasteiger charge is 2.32. The SMILES string of the molecule is CN(C)CC(=O)N1CCC[C@H]1C(N)=O. The van der Waals surface area contributed by atoms with Crippen molar-refractivity contribution in [2.75, 3.05) is 27.2 Å². The summed E-state index contributed by atoms with van der Waals surface area (Å²) < 4.78 is 0. The maximum atomic E-state index is 11.6. The van der Waals surface area contributed by atoms with Crippen LogP contribution in [0.4, 0.5) is 0 Å². The molecule has 0 aromatic carbocycles. The fourth-order valence-corrected chi connectivity index (χ4v) is 1.72. The molecule has 1 fully saturated rings. The minimum absolute atomic E-state index is 0.0173. The fraction of sp³-hybridized carbons (Fsp3) is 0.778. The summed E-state index contributed by atoms with van der Waals surface area (Å²) in [7, 11) is 3.65. The van der Waals surface area contributed by atoms with E-state index in [1.54, 1.807) is 9.80 Å². The molecule has 0 unspecified atom stereocenters. The van der Waals surface area contributed by atoms with E-state index in [0.29, 0.717) is 19.5 Å². The second-order valence-corrected chi connectivity index (χ2v) is 3.89. The maximum Gasteiger partial charge on any atom is 0.240 e. The first kappa shape index (κ1) is 11.0. The third-order valence-corrected chi connectivity index (χ3v) is 2.35. The summed E-state index contributed by atoms with van der Waals surface area (Å²) in [6.07, 6.45) is 1.57. The van der Waals surface area contributed by atoms with Gasteiger partial charge in [-0.2, -0.15) is 0 Å². The van der Waals surface area contributed by atoms with Gasteiger partial charge < -0.3 is 15.5 Å². The summed E-state index contributed by atoms with van der Waals surface area (Å²) in [6, 6.07) is -0.387. The number of amides is 2. The molecule has 0 aliphatic carbocycles. The first-order valence-electron chi connectivity index (χ1n) is 4.76. The van der Waals surface area contributed by atoms with Crippen LogP contribution in [-0.2, 0) is 9.59 Å². The van der Waals surface area contributed by atoms with E-state index in [0.717, 1.165) is 6.42 Å². The normalized spacial score (nSPS) is 21.6. The van der Waals surface area contributed by atoms with Crippen LogP contribution in [0, 0.1) is 0 Å². The third-order valence-electron chi connectivity index (χ3n) is 2.35. The van der Waals surface area contributed by atoms with Gasteiger partial charge in [0.1, 0.15) is 6.04 Å². The van der Waals surface area contributed by atoms with Crippen molar-refractivity contribution in [2.45, 2.75) is 18.9 Å². The van der Waals surface area contributed by atoms with Gasteiger partial charge in [-0.3, -0.25) is 9.59 Å². The number of hydrogen-bond donors (Lipinski definition) is 1. The number of nitrogens with two attached hydrogens (primary N) is 1. The van der Waals surface area contributed by atoms with Gasteiger partial charge in [0.2, 0.25) is 11.8 Å². The predicted octanol–water partition coefficient (Wildman–Crippen LogP) is -0.976. The van der Waals surface area contributed by atoms with Crippen LogP contribution in [0.5, 0.6) is 0 Å². The summed E-state index contributed by atoms with van der Waals surface area (Å²) in [5, 5.41) is 0. The Morgan fingerprint density at radius 3 is 2.64 bits per heavy atom. The molecule has 5 heteroatoms. The van der Waals surface area contributed by atoms with Crippen molar-refractivity contribution in [2.24, 2.45) is 5.73 Å². The molecule has 1 saturated heterocycles. The molecule has 0 saturated carbocycles. The molecule has 0 bridgehead atoms. The summed E-state index contributed by atoms with van der Waals surface area (Å²) >= 11 is 0. The molecule has 14 heavy (non-hydrogen) atoms.